The zero-order valence-corrected chi connectivity index (χ0v) is 20.3. The molecule has 31 heavy (non-hydrogen) atoms. The normalized spacial score (nSPS) is 27.8. The Bertz CT molecular complexity index is 504. The number of carbonyl (C=O) groups excluding carboxylic acids is 1. The van der Waals surface area contributed by atoms with Crippen LogP contribution in [0, 0.1) is 28.6 Å². The van der Waals surface area contributed by atoms with Crippen LogP contribution in [0.3, 0.4) is 0 Å². The highest BCUT2D eigenvalue weighted by Crippen LogP contribution is 2.42. The van der Waals surface area contributed by atoms with Gasteiger partial charge in [-0.1, -0.05) is 45.4 Å². The molecule has 2 fully saturated rings. The molecule has 0 heterocycles. The molecular formula is C26H48O5. The summed E-state index contributed by atoms with van der Waals surface area (Å²) in [7, 11) is 0. The number of esters is 1. The number of unbranched alkanes of at least 4 members (excludes halogenated alkanes) is 2. The van der Waals surface area contributed by atoms with Gasteiger partial charge in [-0.15, -0.1) is 0 Å². The molecule has 3 N–H and O–H groups in total. The second-order valence-electron chi connectivity index (χ2n) is 11.3. The molecule has 0 aromatic heterocycles. The lowest BCUT2D eigenvalue weighted by Crippen LogP contribution is -2.42. The summed E-state index contributed by atoms with van der Waals surface area (Å²) in [4.78, 5) is 12.8. The van der Waals surface area contributed by atoms with Crippen molar-refractivity contribution in [2.45, 2.75) is 110 Å². The minimum absolute atomic E-state index is 0.0276. The topological polar surface area (TPSA) is 87.0 Å². The van der Waals surface area contributed by atoms with Crippen molar-refractivity contribution in [2.24, 2.45) is 28.6 Å². The van der Waals surface area contributed by atoms with Crippen LogP contribution in [0.15, 0.2) is 0 Å². The summed E-state index contributed by atoms with van der Waals surface area (Å²) in [5, 5.41) is 28.8. The van der Waals surface area contributed by atoms with Gasteiger partial charge in [0.05, 0.1) is 25.2 Å². The van der Waals surface area contributed by atoms with E-state index in [9.17, 15) is 20.1 Å². The predicted molar refractivity (Wildman–Crippen MR) is 124 cm³/mol. The number of hydrogen-bond acceptors (Lipinski definition) is 5. The van der Waals surface area contributed by atoms with Crippen molar-refractivity contribution < 1.29 is 24.9 Å². The van der Waals surface area contributed by atoms with Gasteiger partial charge in [-0.3, -0.25) is 4.79 Å². The van der Waals surface area contributed by atoms with Gasteiger partial charge in [0.1, 0.15) is 6.10 Å². The Balaban J connectivity index is 1.74. The van der Waals surface area contributed by atoms with Crippen molar-refractivity contribution in [1.82, 2.24) is 0 Å². The average molecular weight is 441 g/mol. The van der Waals surface area contributed by atoms with Crippen molar-refractivity contribution in [3.8, 4) is 0 Å². The van der Waals surface area contributed by atoms with E-state index in [0.29, 0.717) is 0 Å². The van der Waals surface area contributed by atoms with Gasteiger partial charge >= 0.3 is 5.97 Å². The number of rotatable bonds is 12. The van der Waals surface area contributed by atoms with Gasteiger partial charge in [-0.05, 0) is 76.5 Å². The van der Waals surface area contributed by atoms with Crippen molar-refractivity contribution in [2.75, 3.05) is 19.8 Å². The van der Waals surface area contributed by atoms with E-state index >= 15 is 0 Å². The summed E-state index contributed by atoms with van der Waals surface area (Å²) in [5.41, 5.74) is -1.92. The van der Waals surface area contributed by atoms with Gasteiger partial charge in [0.2, 0.25) is 0 Å². The molecule has 0 radical (unpaired) electrons. The van der Waals surface area contributed by atoms with Crippen LogP contribution >= 0.6 is 0 Å². The molecule has 182 valence electrons. The third kappa shape index (κ3) is 7.71. The molecule has 2 aliphatic carbocycles. The zero-order chi connectivity index (χ0) is 22.9. The smallest absolute Gasteiger partial charge is 0.311 e. The fourth-order valence-corrected chi connectivity index (χ4v) is 5.95. The summed E-state index contributed by atoms with van der Waals surface area (Å²) in [5.74, 6) is 2.30. The highest BCUT2D eigenvalue weighted by molar-refractivity contribution is 5.76. The van der Waals surface area contributed by atoms with E-state index in [1.54, 1.807) is 13.8 Å². The second kappa shape index (κ2) is 12.6. The van der Waals surface area contributed by atoms with Crippen molar-refractivity contribution in [3.05, 3.63) is 0 Å². The molecule has 0 aromatic carbocycles. The van der Waals surface area contributed by atoms with Gasteiger partial charge in [-0.2, -0.15) is 0 Å². The van der Waals surface area contributed by atoms with E-state index in [1.165, 1.54) is 51.4 Å². The average Bonchev–Trinajstić information content (AvgIpc) is 2.79. The summed E-state index contributed by atoms with van der Waals surface area (Å²) in [6.07, 6.45) is 15.4. The Morgan fingerprint density at radius 1 is 0.839 bits per heavy atom. The molecular weight excluding hydrogens is 392 g/mol. The first-order valence-electron chi connectivity index (χ1n) is 12.8. The Labute approximate surface area is 190 Å². The lowest BCUT2D eigenvalue weighted by molar-refractivity contribution is -0.165. The van der Waals surface area contributed by atoms with Gasteiger partial charge in [-0.25, -0.2) is 0 Å². The van der Waals surface area contributed by atoms with Gasteiger partial charge in [0.15, 0.2) is 0 Å². The number of ether oxygens (including phenoxy) is 1. The molecule has 0 atom stereocenters. The zero-order valence-electron chi connectivity index (χ0n) is 20.3. The number of aliphatic hydroxyl groups is 3. The molecule has 2 aliphatic rings. The van der Waals surface area contributed by atoms with Crippen LogP contribution in [0.5, 0.6) is 0 Å². The Morgan fingerprint density at radius 3 is 1.84 bits per heavy atom. The fourth-order valence-electron chi connectivity index (χ4n) is 5.95. The van der Waals surface area contributed by atoms with Crippen LogP contribution in [-0.2, 0) is 9.53 Å². The van der Waals surface area contributed by atoms with Gasteiger partial charge < -0.3 is 20.1 Å². The summed E-state index contributed by atoms with van der Waals surface area (Å²) in [6, 6.07) is 0. The minimum atomic E-state index is -1.06. The first-order valence-corrected chi connectivity index (χ1v) is 12.8. The van der Waals surface area contributed by atoms with Crippen LogP contribution in [0.25, 0.3) is 0 Å². The number of carbonyl (C=O) groups is 1. The maximum atomic E-state index is 12.8. The molecule has 5 nitrogen and oxygen atoms in total. The summed E-state index contributed by atoms with van der Waals surface area (Å²) >= 11 is 0. The van der Waals surface area contributed by atoms with Gasteiger partial charge in [0, 0.05) is 5.41 Å². The van der Waals surface area contributed by atoms with Crippen molar-refractivity contribution in [3.63, 3.8) is 0 Å². The molecule has 0 aliphatic heterocycles. The quantitative estimate of drug-likeness (QED) is 0.298. The Morgan fingerprint density at radius 2 is 1.35 bits per heavy atom. The third-order valence-corrected chi connectivity index (χ3v) is 8.14. The lowest BCUT2D eigenvalue weighted by Gasteiger charge is -2.39. The second-order valence-corrected chi connectivity index (χ2v) is 11.3. The first-order chi connectivity index (χ1) is 14.8. The van der Waals surface area contributed by atoms with Crippen LogP contribution in [0.4, 0.5) is 0 Å². The Kier molecular flexibility index (Phi) is 10.8. The number of aliphatic hydroxyl groups excluding tert-OH is 3. The van der Waals surface area contributed by atoms with E-state index in [1.807, 2.05) is 0 Å². The molecule has 2 saturated carbocycles. The largest absolute Gasteiger partial charge is 0.462 e. The molecule has 0 saturated heterocycles. The molecule has 0 spiro atoms. The first kappa shape index (κ1) is 26.6. The molecule has 0 aromatic rings. The van der Waals surface area contributed by atoms with E-state index in [0.717, 1.165) is 43.4 Å². The monoisotopic (exact) mass is 440 g/mol. The maximum absolute atomic E-state index is 12.8. The standard InChI is InChI=1S/C26H48O5/c1-4-5-6-7-20-8-10-21(11-9-20)22-12-14-23(15-13-22)31-24(30)25(2,3)16-26(17-27,18-28)19-29/h20-23,27-29H,4-19H2,1-3H3. The van der Waals surface area contributed by atoms with E-state index < -0.39 is 10.8 Å². The van der Waals surface area contributed by atoms with Crippen molar-refractivity contribution >= 4 is 5.97 Å². The summed E-state index contributed by atoms with van der Waals surface area (Å²) < 4.78 is 5.86. The predicted octanol–water partition coefficient (Wildman–Crippen LogP) is 4.85. The molecule has 5 heteroatoms. The highest BCUT2D eigenvalue weighted by atomic mass is 16.5. The minimum Gasteiger partial charge on any atom is -0.462 e. The molecule has 2 rings (SSSR count). The van der Waals surface area contributed by atoms with Crippen LogP contribution in [0.1, 0.15) is 104 Å². The fraction of sp³-hybridized carbons (Fsp3) is 0.962. The highest BCUT2D eigenvalue weighted by Gasteiger charge is 2.42. The molecule has 0 amide bonds. The summed E-state index contributed by atoms with van der Waals surface area (Å²) in [6.45, 7) is 4.75. The van der Waals surface area contributed by atoms with Gasteiger partial charge in [0.25, 0.3) is 0 Å². The van der Waals surface area contributed by atoms with E-state index in [2.05, 4.69) is 6.92 Å². The van der Waals surface area contributed by atoms with E-state index in [4.69, 9.17) is 4.74 Å². The lowest BCUT2D eigenvalue weighted by atomic mass is 9.70. The van der Waals surface area contributed by atoms with Crippen LogP contribution < -0.4 is 0 Å². The maximum Gasteiger partial charge on any atom is 0.311 e. The van der Waals surface area contributed by atoms with Crippen molar-refractivity contribution in [1.29, 1.82) is 0 Å². The van der Waals surface area contributed by atoms with E-state index in [-0.39, 0.29) is 38.3 Å². The molecule has 0 bridgehead atoms. The number of hydrogen-bond donors (Lipinski definition) is 3. The molecule has 0 unspecified atom stereocenters. The van der Waals surface area contributed by atoms with Crippen LogP contribution in [-0.4, -0.2) is 47.2 Å². The Hall–Kier alpha value is -0.650. The van der Waals surface area contributed by atoms with Crippen LogP contribution in [0.2, 0.25) is 0 Å². The third-order valence-electron chi connectivity index (χ3n) is 8.14. The SMILES string of the molecule is CCCCCC1CCC(C2CCC(OC(=O)C(C)(C)CC(CO)(CO)CO)CC2)CC1.